The lowest BCUT2D eigenvalue weighted by Crippen LogP contribution is -2.54. The van der Waals surface area contributed by atoms with E-state index >= 15 is 0 Å². The van der Waals surface area contributed by atoms with Crippen molar-refractivity contribution in [2.75, 3.05) is 23.7 Å². The van der Waals surface area contributed by atoms with Crippen molar-refractivity contribution in [1.82, 2.24) is 10.2 Å². The zero-order chi connectivity index (χ0) is 30.1. The van der Waals surface area contributed by atoms with Crippen LogP contribution in [-0.2, 0) is 32.6 Å². The van der Waals surface area contributed by atoms with Crippen molar-refractivity contribution in [1.29, 1.82) is 0 Å². The van der Waals surface area contributed by atoms with Crippen molar-refractivity contribution in [3.05, 3.63) is 95.0 Å². The number of nitrogens with zero attached hydrogens (tertiary/aromatic N) is 2. The fourth-order valence-electron chi connectivity index (χ4n) is 5.27. The Morgan fingerprint density at radius 1 is 0.976 bits per heavy atom. The molecule has 10 heteroatoms. The van der Waals surface area contributed by atoms with Crippen LogP contribution in [0.2, 0.25) is 5.02 Å². The summed E-state index contributed by atoms with van der Waals surface area (Å²) in [6.07, 6.45) is 5.16. The molecule has 1 saturated carbocycles. The van der Waals surface area contributed by atoms with Crippen LogP contribution in [0.3, 0.4) is 0 Å². The fourth-order valence-corrected chi connectivity index (χ4v) is 6.32. The second-order valence-corrected chi connectivity index (χ2v) is 12.8. The molecule has 8 nitrogen and oxygen atoms in total. The van der Waals surface area contributed by atoms with Gasteiger partial charge in [-0.25, -0.2) is 8.42 Å². The third-order valence-corrected chi connectivity index (χ3v) is 8.88. The van der Waals surface area contributed by atoms with Crippen LogP contribution >= 0.6 is 11.6 Å². The van der Waals surface area contributed by atoms with E-state index in [0.29, 0.717) is 22.9 Å². The Balaban J connectivity index is 1.75. The third kappa shape index (κ3) is 8.26. The second kappa shape index (κ2) is 14.6. The molecule has 1 aliphatic carbocycles. The number of carbonyl (C=O) groups excluding carboxylic acids is 2. The lowest BCUT2D eigenvalue weighted by atomic mass is 10.0. The first-order valence-electron chi connectivity index (χ1n) is 14.2. The minimum atomic E-state index is -3.91. The van der Waals surface area contributed by atoms with Crippen LogP contribution in [0, 0.1) is 0 Å². The first kappa shape index (κ1) is 31.4. The van der Waals surface area contributed by atoms with Crippen LogP contribution in [0.15, 0.2) is 78.9 Å². The van der Waals surface area contributed by atoms with Gasteiger partial charge in [-0.3, -0.25) is 13.9 Å². The summed E-state index contributed by atoms with van der Waals surface area (Å²) in [5.74, 6) is -0.461. The molecule has 0 aliphatic heterocycles. The maximum Gasteiger partial charge on any atom is 0.244 e. The van der Waals surface area contributed by atoms with Gasteiger partial charge in [0, 0.05) is 24.0 Å². The minimum Gasteiger partial charge on any atom is -0.492 e. The van der Waals surface area contributed by atoms with Gasteiger partial charge in [0.2, 0.25) is 21.8 Å². The van der Waals surface area contributed by atoms with E-state index < -0.39 is 28.5 Å². The number of sulfonamides is 1. The average Bonchev–Trinajstić information content (AvgIpc) is 3.48. The Hall–Kier alpha value is -3.56. The van der Waals surface area contributed by atoms with Gasteiger partial charge in [-0.2, -0.15) is 0 Å². The van der Waals surface area contributed by atoms with Crippen molar-refractivity contribution in [3.8, 4) is 5.75 Å². The second-order valence-electron chi connectivity index (χ2n) is 10.5. The molecule has 0 radical (unpaired) electrons. The summed E-state index contributed by atoms with van der Waals surface area (Å²) in [4.78, 5) is 29.7. The smallest absolute Gasteiger partial charge is 0.244 e. The van der Waals surface area contributed by atoms with Crippen LogP contribution in [-0.4, -0.2) is 56.6 Å². The molecule has 3 aromatic rings. The molecule has 0 heterocycles. The number of carbonyl (C=O) groups is 2. The number of benzene rings is 3. The predicted octanol–water partition coefficient (Wildman–Crippen LogP) is 5.20. The van der Waals surface area contributed by atoms with Crippen LogP contribution in [0.25, 0.3) is 0 Å². The maximum absolute atomic E-state index is 14.3. The largest absolute Gasteiger partial charge is 0.492 e. The Bertz CT molecular complexity index is 1460. The topological polar surface area (TPSA) is 96.0 Å². The summed E-state index contributed by atoms with van der Waals surface area (Å²) in [6.45, 7) is 1.63. The lowest BCUT2D eigenvalue weighted by molar-refractivity contribution is -0.140. The Morgan fingerprint density at radius 2 is 1.62 bits per heavy atom. The fraction of sp³-hybridized carbons (Fsp3) is 0.375. The van der Waals surface area contributed by atoms with Gasteiger partial charge in [0.1, 0.15) is 18.3 Å². The van der Waals surface area contributed by atoms with Crippen LogP contribution < -0.4 is 14.4 Å². The highest BCUT2D eigenvalue weighted by atomic mass is 35.5. The van der Waals surface area contributed by atoms with Gasteiger partial charge >= 0.3 is 0 Å². The van der Waals surface area contributed by atoms with Gasteiger partial charge in [-0.1, -0.05) is 85.1 Å². The van der Waals surface area contributed by atoms with Gasteiger partial charge in [0.25, 0.3) is 0 Å². The third-order valence-electron chi connectivity index (χ3n) is 7.38. The summed E-state index contributed by atoms with van der Waals surface area (Å²) in [5, 5.41) is 3.61. The lowest BCUT2D eigenvalue weighted by Gasteiger charge is -2.34. The highest BCUT2D eigenvalue weighted by molar-refractivity contribution is 7.92. The first-order valence-corrected chi connectivity index (χ1v) is 16.5. The molecule has 42 heavy (non-hydrogen) atoms. The SMILES string of the molecule is CCOc1ccccc1N(CC(=O)N(Cc1ccccc1Cl)[C@@H](Cc1ccccc1)C(=O)NC1CCCC1)S(C)(=O)=O. The molecule has 0 aromatic heterocycles. The van der Waals surface area contributed by atoms with Gasteiger partial charge in [-0.15, -0.1) is 0 Å². The Morgan fingerprint density at radius 3 is 2.29 bits per heavy atom. The highest BCUT2D eigenvalue weighted by Crippen LogP contribution is 2.30. The molecule has 4 rings (SSSR count). The number of para-hydroxylation sites is 2. The summed E-state index contributed by atoms with van der Waals surface area (Å²) in [5.41, 5.74) is 1.78. The average molecular weight is 612 g/mol. The number of ether oxygens (including phenoxy) is 1. The van der Waals surface area contributed by atoms with Crippen molar-refractivity contribution >= 4 is 39.1 Å². The van der Waals surface area contributed by atoms with Crippen LogP contribution in [0.4, 0.5) is 5.69 Å². The van der Waals surface area contributed by atoms with E-state index in [0.717, 1.165) is 41.8 Å². The summed E-state index contributed by atoms with van der Waals surface area (Å²) < 4.78 is 32.9. The number of rotatable bonds is 13. The Kier molecular flexibility index (Phi) is 10.9. The quantitative estimate of drug-likeness (QED) is 0.286. The zero-order valence-corrected chi connectivity index (χ0v) is 25.6. The van der Waals surface area contributed by atoms with Crippen molar-refractivity contribution in [2.45, 2.75) is 57.7 Å². The highest BCUT2D eigenvalue weighted by Gasteiger charge is 2.35. The number of hydrogen-bond donors (Lipinski definition) is 1. The number of nitrogens with one attached hydrogen (secondary N) is 1. The molecule has 3 aromatic carbocycles. The number of anilines is 1. The summed E-state index contributed by atoms with van der Waals surface area (Å²) in [7, 11) is -3.91. The molecule has 1 N–H and O–H groups in total. The number of hydrogen-bond acceptors (Lipinski definition) is 5. The number of halogens is 1. The van der Waals surface area contributed by atoms with E-state index in [9.17, 15) is 18.0 Å². The van der Waals surface area contributed by atoms with E-state index in [4.69, 9.17) is 16.3 Å². The van der Waals surface area contributed by atoms with E-state index in [1.165, 1.54) is 4.90 Å². The molecule has 0 spiro atoms. The van der Waals surface area contributed by atoms with Gasteiger partial charge in [0.15, 0.2) is 0 Å². The van der Waals surface area contributed by atoms with E-state index in [2.05, 4.69) is 5.32 Å². The van der Waals surface area contributed by atoms with Gasteiger partial charge in [-0.05, 0) is 49.1 Å². The molecule has 1 atom stereocenters. The maximum atomic E-state index is 14.3. The van der Waals surface area contributed by atoms with Crippen molar-refractivity contribution < 1.29 is 22.7 Å². The van der Waals surface area contributed by atoms with Crippen molar-refractivity contribution in [3.63, 3.8) is 0 Å². The van der Waals surface area contributed by atoms with Crippen LogP contribution in [0.1, 0.15) is 43.7 Å². The number of amides is 2. The molecule has 224 valence electrons. The van der Waals surface area contributed by atoms with Crippen molar-refractivity contribution in [2.24, 2.45) is 0 Å². The molecular weight excluding hydrogens is 574 g/mol. The predicted molar refractivity (Wildman–Crippen MR) is 166 cm³/mol. The van der Waals surface area contributed by atoms with Gasteiger partial charge in [0.05, 0.1) is 18.6 Å². The van der Waals surface area contributed by atoms with E-state index in [1.54, 1.807) is 49.4 Å². The summed E-state index contributed by atoms with van der Waals surface area (Å²) in [6, 6.07) is 22.5. The Labute approximate surface area is 253 Å². The van der Waals surface area contributed by atoms with Gasteiger partial charge < -0.3 is 15.0 Å². The van der Waals surface area contributed by atoms with E-state index in [-0.39, 0.29) is 30.6 Å². The first-order chi connectivity index (χ1) is 20.2. The zero-order valence-electron chi connectivity index (χ0n) is 24.0. The normalized spacial score (nSPS) is 14.3. The minimum absolute atomic E-state index is 0.0266. The molecule has 1 aliphatic rings. The molecule has 0 saturated heterocycles. The van der Waals surface area contributed by atoms with E-state index in [1.807, 2.05) is 36.4 Å². The molecule has 0 bridgehead atoms. The summed E-state index contributed by atoms with van der Waals surface area (Å²) >= 11 is 6.52. The van der Waals surface area contributed by atoms with Crippen LogP contribution in [0.5, 0.6) is 5.75 Å². The molecule has 2 amide bonds. The molecule has 1 fully saturated rings. The standard InChI is InChI=1S/C32H38ClN3O5S/c1-3-41-30-20-12-11-19-28(30)36(42(2,39)40)23-31(37)35(22-25-15-7-10-18-27(25)33)29(21-24-13-5-4-6-14-24)32(38)34-26-16-8-9-17-26/h4-7,10-15,18-20,26,29H,3,8-9,16-17,21-23H2,1-2H3,(H,34,38)/t29-/m0/s1. The molecular formula is C32H38ClN3O5S. The monoisotopic (exact) mass is 611 g/mol. The molecule has 0 unspecified atom stereocenters.